The summed E-state index contributed by atoms with van der Waals surface area (Å²) in [5, 5.41) is 3.23. The molecule has 1 aliphatic rings. The first kappa shape index (κ1) is 13.9. The van der Waals surface area contributed by atoms with Crippen LogP contribution >= 0.6 is 0 Å². The Morgan fingerprint density at radius 2 is 1.86 bits per heavy atom. The second kappa shape index (κ2) is 5.72. The summed E-state index contributed by atoms with van der Waals surface area (Å²) >= 11 is 0. The summed E-state index contributed by atoms with van der Waals surface area (Å²) in [7, 11) is 1.63. The summed E-state index contributed by atoms with van der Waals surface area (Å²) in [5.74, 6) is -0.341. The van der Waals surface area contributed by atoms with Crippen molar-refractivity contribution in [2.75, 3.05) is 12.4 Å². The molecule has 0 radical (unpaired) electrons. The molecule has 4 heteroatoms. The predicted octanol–water partition coefficient (Wildman–Crippen LogP) is 4.46. The van der Waals surface area contributed by atoms with Crippen LogP contribution in [-0.2, 0) is 6.42 Å². The average molecular weight is 289 g/mol. The molecular weight excluding hydrogens is 272 g/mol. The zero-order valence-electron chi connectivity index (χ0n) is 11.8. The molecule has 2 aromatic carbocycles. The van der Waals surface area contributed by atoms with E-state index in [1.54, 1.807) is 7.11 Å². The Morgan fingerprint density at radius 3 is 2.57 bits per heavy atom. The lowest BCUT2D eigenvalue weighted by molar-refractivity contribution is 0.413. The van der Waals surface area contributed by atoms with Crippen molar-refractivity contribution in [3.63, 3.8) is 0 Å². The Morgan fingerprint density at radius 1 is 1.10 bits per heavy atom. The molecule has 0 fully saturated rings. The normalized spacial score (nSPS) is 17.2. The van der Waals surface area contributed by atoms with Gasteiger partial charge in [-0.25, -0.2) is 8.78 Å². The third kappa shape index (κ3) is 2.99. The van der Waals surface area contributed by atoms with Crippen molar-refractivity contribution in [2.24, 2.45) is 0 Å². The zero-order chi connectivity index (χ0) is 14.8. The molecule has 0 saturated heterocycles. The van der Waals surface area contributed by atoms with E-state index in [0.29, 0.717) is 5.69 Å². The van der Waals surface area contributed by atoms with E-state index in [-0.39, 0.29) is 6.04 Å². The van der Waals surface area contributed by atoms with Gasteiger partial charge in [0, 0.05) is 11.8 Å². The zero-order valence-corrected chi connectivity index (χ0v) is 11.8. The van der Waals surface area contributed by atoms with Crippen LogP contribution in [-0.4, -0.2) is 7.11 Å². The smallest absolute Gasteiger partial charge is 0.128 e. The summed E-state index contributed by atoms with van der Waals surface area (Å²) in [4.78, 5) is 0. The van der Waals surface area contributed by atoms with Gasteiger partial charge in [-0.15, -0.1) is 0 Å². The largest absolute Gasteiger partial charge is 0.497 e. The summed E-state index contributed by atoms with van der Waals surface area (Å²) < 4.78 is 31.9. The van der Waals surface area contributed by atoms with Crippen molar-refractivity contribution in [2.45, 2.75) is 25.3 Å². The highest BCUT2D eigenvalue weighted by Crippen LogP contribution is 2.35. The minimum atomic E-state index is -0.570. The van der Waals surface area contributed by atoms with Crippen LogP contribution in [0.3, 0.4) is 0 Å². The quantitative estimate of drug-likeness (QED) is 0.900. The second-order valence-corrected chi connectivity index (χ2v) is 5.31. The fourth-order valence-electron chi connectivity index (χ4n) is 2.89. The van der Waals surface area contributed by atoms with Gasteiger partial charge in [-0.2, -0.15) is 0 Å². The maximum Gasteiger partial charge on any atom is 0.128 e. The minimum Gasteiger partial charge on any atom is -0.497 e. The van der Waals surface area contributed by atoms with Gasteiger partial charge in [0.1, 0.15) is 17.4 Å². The van der Waals surface area contributed by atoms with E-state index in [1.807, 2.05) is 12.1 Å². The topological polar surface area (TPSA) is 21.3 Å². The number of rotatable bonds is 3. The number of fused-ring (bicyclic) bond motifs is 1. The second-order valence-electron chi connectivity index (χ2n) is 5.31. The Labute approximate surface area is 122 Å². The molecule has 3 rings (SSSR count). The summed E-state index contributed by atoms with van der Waals surface area (Å²) in [6, 6.07) is 9.57. The lowest BCUT2D eigenvalue weighted by Crippen LogP contribution is -2.17. The van der Waals surface area contributed by atoms with E-state index in [4.69, 9.17) is 4.74 Å². The molecule has 110 valence electrons. The third-order valence-corrected chi connectivity index (χ3v) is 3.87. The van der Waals surface area contributed by atoms with E-state index < -0.39 is 11.6 Å². The van der Waals surface area contributed by atoms with E-state index in [0.717, 1.165) is 36.6 Å². The summed E-state index contributed by atoms with van der Waals surface area (Å²) in [6.07, 6.45) is 3.00. The molecule has 1 aliphatic carbocycles. The van der Waals surface area contributed by atoms with Gasteiger partial charge in [0.2, 0.25) is 0 Å². The number of hydrogen-bond acceptors (Lipinski definition) is 2. The van der Waals surface area contributed by atoms with Crippen molar-refractivity contribution < 1.29 is 13.5 Å². The first-order valence-electron chi connectivity index (χ1n) is 7.05. The van der Waals surface area contributed by atoms with E-state index in [2.05, 4.69) is 11.4 Å². The lowest BCUT2D eigenvalue weighted by atomic mass is 9.87. The third-order valence-electron chi connectivity index (χ3n) is 3.87. The van der Waals surface area contributed by atoms with Gasteiger partial charge in [-0.1, -0.05) is 6.07 Å². The maximum atomic E-state index is 13.3. The molecule has 2 aromatic rings. The van der Waals surface area contributed by atoms with Gasteiger partial charge >= 0.3 is 0 Å². The molecule has 1 atom stereocenters. The van der Waals surface area contributed by atoms with Crippen LogP contribution in [0.5, 0.6) is 5.75 Å². The summed E-state index contributed by atoms with van der Waals surface area (Å²) in [5.41, 5.74) is 2.87. The van der Waals surface area contributed by atoms with E-state index in [1.165, 1.54) is 17.7 Å². The van der Waals surface area contributed by atoms with Crippen molar-refractivity contribution in [3.8, 4) is 5.75 Å². The number of halogens is 2. The highest BCUT2D eigenvalue weighted by molar-refractivity contribution is 5.49. The van der Waals surface area contributed by atoms with E-state index in [9.17, 15) is 8.78 Å². The number of ether oxygens (including phenoxy) is 1. The van der Waals surface area contributed by atoms with Crippen LogP contribution in [0, 0.1) is 11.6 Å². The molecule has 0 bridgehead atoms. The van der Waals surface area contributed by atoms with Gasteiger partial charge in [-0.05, 0) is 54.7 Å². The Hall–Kier alpha value is -2.10. The van der Waals surface area contributed by atoms with Crippen LogP contribution in [0.1, 0.15) is 30.0 Å². The lowest BCUT2D eigenvalue weighted by Gasteiger charge is -2.27. The molecule has 21 heavy (non-hydrogen) atoms. The van der Waals surface area contributed by atoms with E-state index >= 15 is 0 Å². The van der Waals surface area contributed by atoms with Crippen LogP contribution in [0.4, 0.5) is 14.5 Å². The van der Waals surface area contributed by atoms with Crippen molar-refractivity contribution in [1.29, 1.82) is 0 Å². The van der Waals surface area contributed by atoms with Crippen LogP contribution in [0.2, 0.25) is 0 Å². The Bertz CT molecular complexity index is 637. The number of benzene rings is 2. The minimum absolute atomic E-state index is 0.0463. The Kier molecular flexibility index (Phi) is 3.78. The van der Waals surface area contributed by atoms with Gasteiger partial charge in [0.25, 0.3) is 0 Å². The van der Waals surface area contributed by atoms with Crippen LogP contribution in [0.15, 0.2) is 36.4 Å². The first-order valence-corrected chi connectivity index (χ1v) is 7.05. The molecule has 0 heterocycles. The van der Waals surface area contributed by atoms with Crippen molar-refractivity contribution in [1.82, 2.24) is 0 Å². The van der Waals surface area contributed by atoms with Gasteiger partial charge in [-0.3, -0.25) is 0 Å². The first-order chi connectivity index (χ1) is 10.2. The summed E-state index contributed by atoms with van der Waals surface area (Å²) in [6.45, 7) is 0. The number of aryl methyl sites for hydroxylation is 1. The molecular formula is C17H17F2NO. The number of methoxy groups -OCH3 is 1. The highest BCUT2D eigenvalue weighted by Gasteiger charge is 2.21. The molecule has 1 unspecified atom stereocenters. The fraction of sp³-hybridized carbons (Fsp3) is 0.294. The number of hydrogen-bond donors (Lipinski definition) is 1. The number of nitrogens with one attached hydrogen (secondary N) is 1. The molecule has 1 N–H and O–H groups in total. The molecule has 2 nitrogen and oxygen atoms in total. The van der Waals surface area contributed by atoms with Crippen molar-refractivity contribution in [3.05, 3.63) is 59.2 Å². The van der Waals surface area contributed by atoms with Crippen LogP contribution in [0.25, 0.3) is 0 Å². The monoisotopic (exact) mass is 289 g/mol. The van der Waals surface area contributed by atoms with Gasteiger partial charge in [0.15, 0.2) is 0 Å². The van der Waals surface area contributed by atoms with Crippen molar-refractivity contribution >= 4 is 5.69 Å². The standard InChI is InChI=1S/C17H17F2NO/c1-21-15-6-5-11-3-2-4-17(16(11)10-15)20-14-8-12(18)7-13(19)9-14/h5-10,17,20H,2-4H2,1H3. The highest BCUT2D eigenvalue weighted by atomic mass is 19.1. The molecule has 0 saturated carbocycles. The number of anilines is 1. The maximum absolute atomic E-state index is 13.3. The fourth-order valence-corrected chi connectivity index (χ4v) is 2.89. The molecule has 0 aliphatic heterocycles. The SMILES string of the molecule is COc1ccc2c(c1)C(Nc1cc(F)cc(F)c1)CCC2. The molecule has 0 spiro atoms. The van der Waals surface area contributed by atoms with Crippen LogP contribution < -0.4 is 10.1 Å². The van der Waals surface area contributed by atoms with Gasteiger partial charge < -0.3 is 10.1 Å². The molecule has 0 amide bonds. The van der Waals surface area contributed by atoms with Gasteiger partial charge in [0.05, 0.1) is 13.2 Å². The predicted molar refractivity (Wildman–Crippen MR) is 78.7 cm³/mol. The molecule has 0 aromatic heterocycles. The Balaban J connectivity index is 1.90. The average Bonchev–Trinajstić information content (AvgIpc) is 2.46.